The van der Waals surface area contributed by atoms with Crippen LogP contribution in [0, 0.1) is 23.6 Å². The van der Waals surface area contributed by atoms with Crippen LogP contribution in [0.15, 0.2) is 18.2 Å². The van der Waals surface area contributed by atoms with Gasteiger partial charge in [0.05, 0.1) is 18.8 Å². The largest absolute Gasteiger partial charge is 0.419 e. The summed E-state index contributed by atoms with van der Waals surface area (Å²) in [6.07, 6.45) is 5.94. The lowest BCUT2D eigenvalue weighted by Gasteiger charge is -2.37. The van der Waals surface area contributed by atoms with Gasteiger partial charge in [0.1, 0.15) is 5.82 Å². The quantitative estimate of drug-likeness (QED) is 0.322. The van der Waals surface area contributed by atoms with Gasteiger partial charge < -0.3 is 9.47 Å². The molecule has 1 aromatic carbocycles. The number of benzene rings is 1. The van der Waals surface area contributed by atoms with Crippen molar-refractivity contribution in [2.45, 2.75) is 83.6 Å². The van der Waals surface area contributed by atoms with Crippen molar-refractivity contribution in [1.29, 1.82) is 0 Å². The molecule has 0 N–H and O–H groups in total. The van der Waals surface area contributed by atoms with Crippen LogP contribution in [0.2, 0.25) is 0 Å². The normalized spacial score (nSPS) is 27.9. The van der Waals surface area contributed by atoms with Gasteiger partial charge >= 0.3 is 6.18 Å². The van der Waals surface area contributed by atoms with Crippen LogP contribution in [-0.4, -0.2) is 19.5 Å². The first-order valence-electron chi connectivity index (χ1n) is 11.5. The van der Waals surface area contributed by atoms with Gasteiger partial charge in [-0.1, -0.05) is 32.3 Å². The molecule has 1 aliphatic heterocycles. The van der Waals surface area contributed by atoms with Gasteiger partial charge in [-0.15, -0.1) is 0 Å². The summed E-state index contributed by atoms with van der Waals surface area (Å²) in [5.41, 5.74) is -0.549. The van der Waals surface area contributed by atoms with Crippen LogP contribution >= 0.6 is 0 Å². The SMILES string of the molecule is CCCC1COC(C2CCC(CCCCc3ccc(C(F)(F)F)c(F)c3)CC2)OC1. The summed E-state index contributed by atoms with van der Waals surface area (Å²) in [5.74, 6) is 0.563. The van der Waals surface area contributed by atoms with Gasteiger partial charge in [-0.05, 0) is 68.6 Å². The Labute approximate surface area is 177 Å². The summed E-state index contributed by atoms with van der Waals surface area (Å²) in [6, 6.07) is 3.28. The van der Waals surface area contributed by atoms with Crippen LogP contribution in [-0.2, 0) is 22.1 Å². The Hall–Kier alpha value is -1.14. The van der Waals surface area contributed by atoms with E-state index in [2.05, 4.69) is 6.92 Å². The van der Waals surface area contributed by atoms with E-state index in [1.807, 2.05) is 0 Å². The smallest absolute Gasteiger partial charge is 0.352 e. The molecule has 0 unspecified atom stereocenters. The number of alkyl halides is 3. The second kappa shape index (κ2) is 10.9. The zero-order valence-corrected chi connectivity index (χ0v) is 17.9. The fourth-order valence-electron chi connectivity index (χ4n) is 4.86. The standard InChI is InChI=1S/C24H34F4O2/c1-2-5-19-15-29-23(30-16-19)20-11-8-17(9-12-20)6-3-4-7-18-10-13-21(22(25)14-18)24(26,27)28/h10,13-14,17,19-20,23H,2-9,11-12,15-16H2,1H3. The first-order valence-corrected chi connectivity index (χ1v) is 11.5. The Bertz CT molecular complexity index is 645. The molecule has 2 fully saturated rings. The number of hydrogen-bond acceptors (Lipinski definition) is 2. The van der Waals surface area contributed by atoms with Crippen LogP contribution in [0.3, 0.4) is 0 Å². The molecular weight excluding hydrogens is 396 g/mol. The van der Waals surface area contributed by atoms with E-state index in [0.717, 1.165) is 57.5 Å². The van der Waals surface area contributed by atoms with E-state index in [-0.39, 0.29) is 6.29 Å². The first kappa shape index (κ1) is 23.5. The highest BCUT2D eigenvalue weighted by molar-refractivity contribution is 5.26. The number of ether oxygens (including phenoxy) is 2. The predicted octanol–water partition coefficient (Wildman–Crippen LogP) is 7.15. The molecule has 0 spiro atoms. The Balaban J connectivity index is 1.31. The fraction of sp³-hybridized carbons (Fsp3) is 0.750. The molecule has 170 valence electrons. The summed E-state index contributed by atoms with van der Waals surface area (Å²) in [6.45, 7) is 3.83. The summed E-state index contributed by atoms with van der Waals surface area (Å²) in [7, 11) is 0. The predicted molar refractivity (Wildman–Crippen MR) is 108 cm³/mol. The molecule has 3 rings (SSSR count). The van der Waals surface area contributed by atoms with Gasteiger partial charge in [-0.2, -0.15) is 13.2 Å². The molecule has 0 amide bonds. The average Bonchev–Trinajstić information content (AvgIpc) is 2.72. The van der Waals surface area contributed by atoms with Crippen molar-refractivity contribution in [2.24, 2.45) is 17.8 Å². The van der Waals surface area contributed by atoms with Crippen molar-refractivity contribution < 1.29 is 27.0 Å². The van der Waals surface area contributed by atoms with Gasteiger partial charge in [0.2, 0.25) is 0 Å². The summed E-state index contributed by atoms with van der Waals surface area (Å²) in [5, 5.41) is 0. The molecule has 0 aromatic heterocycles. The molecule has 30 heavy (non-hydrogen) atoms. The zero-order valence-electron chi connectivity index (χ0n) is 17.9. The molecule has 1 aromatic rings. The van der Waals surface area contributed by atoms with E-state index in [1.54, 1.807) is 0 Å². The van der Waals surface area contributed by atoms with E-state index in [1.165, 1.54) is 31.7 Å². The van der Waals surface area contributed by atoms with Gasteiger partial charge in [-0.25, -0.2) is 4.39 Å². The van der Waals surface area contributed by atoms with Crippen LogP contribution in [0.25, 0.3) is 0 Å². The van der Waals surface area contributed by atoms with Gasteiger partial charge in [0.25, 0.3) is 0 Å². The van der Waals surface area contributed by atoms with Crippen LogP contribution in [0.1, 0.15) is 75.8 Å². The minimum Gasteiger partial charge on any atom is -0.352 e. The molecule has 0 bridgehead atoms. The van der Waals surface area contributed by atoms with Crippen LogP contribution in [0.5, 0.6) is 0 Å². The molecule has 2 aliphatic rings. The maximum atomic E-state index is 13.7. The van der Waals surface area contributed by atoms with E-state index in [9.17, 15) is 17.6 Å². The number of aryl methyl sites for hydroxylation is 1. The van der Waals surface area contributed by atoms with Crippen molar-refractivity contribution >= 4 is 0 Å². The first-order chi connectivity index (χ1) is 14.4. The van der Waals surface area contributed by atoms with E-state index in [4.69, 9.17) is 9.47 Å². The monoisotopic (exact) mass is 430 g/mol. The van der Waals surface area contributed by atoms with Crippen molar-refractivity contribution in [3.8, 4) is 0 Å². The summed E-state index contributed by atoms with van der Waals surface area (Å²) in [4.78, 5) is 0. The molecule has 0 atom stereocenters. The Morgan fingerprint density at radius 1 is 0.933 bits per heavy atom. The lowest BCUT2D eigenvalue weighted by Crippen LogP contribution is -2.38. The molecule has 1 saturated heterocycles. The molecule has 1 saturated carbocycles. The third-order valence-corrected chi connectivity index (χ3v) is 6.63. The third kappa shape index (κ3) is 6.68. The molecule has 1 aliphatic carbocycles. The minimum atomic E-state index is -4.63. The maximum Gasteiger partial charge on any atom is 0.419 e. The van der Waals surface area contributed by atoms with Gasteiger partial charge in [-0.3, -0.25) is 0 Å². The topological polar surface area (TPSA) is 18.5 Å². The lowest BCUT2D eigenvalue weighted by atomic mass is 9.79. The molecule has 6 heteroatoms. The highest BCUT2D eigenvalue weighted by Crippen LogP contribution is 2.36. The Morgan fingerprint density at radius 2 is 1.63 bits per heavy atom. The Morgan fingerprint density at radius 3 is 2.23 bits per heavy atom. The Kier molecular flexibility index (Phi) is 8.58. The van der Waals surface area contributed by atoms with E-state index in [0.29, 0.717) is 29.7 Å². The highest BCUT2D eigenvalue weighted by atomic mass is 19.4. The van der Waals surface area contributed by atoms with Crippen LogP contribution in [0.4, 0.5) is 17.6 Å². The second-order valence-electron chi connectivity index (χ2n) is 9.03. The molecule has 1 heterocycles. The minimum absolute atomic E-state index is 0.0337. The summed E-state index contributed by atoms with van der Waals surface area (Å²) >= 11 is 0. The third-order valence-electron chi connectivity index (χ3n) is 6.63. The molecular formula is C24H34F4O2. The average molecular weight is 431 g/mol. The number of halogens is 4. The van der Waals surface area contributed by atoms with Crippen molar-refractivity contribution in [2.75, 3.05) is 13.2 Å². The van der Waals surface area contributed by atoms with Crippen molar-refractivity contribution in [3.05, 3.63) is 35.1 Å². The zero-order chi connectivity index (χ0) is 21.6. The molecule has 2 nitrogen and oxygen atoms in total. The second-order valence-corrected chi connectivity index (χ2v) is 9.03. The van der Waals surface area contributed by atoms with Gasteiger partial charge in [0, 0.05) is 11.8 Å². The van der Waals surface area contributed by atoms with E-state index < -0.39 is 17.6 Å². The van der Waals surface area contributed by atoms with Gasteiger partial charge in [0.15, 0.2) is 6.29 Å². The number of unbranched alkanes of at least 4 members (excludes halogenated alkanes) is 1. The number of hydrogen-bond donors (Lipinski definition) is 0. The highest BCUT2D eigenvalue weighted by Gasteiger charge is 2.34. The number of rotatable bonds is 8. The maximum absolute atomic E-state index is 13.7. The lowest BCUT2D eigenvalue weighted by molar-refractivity contribution is -0.230. The van der Waals surface area contributed by atoms with E-state index >= 15 is 0 Å². The summed E-state index contributed by atoms with van der Waals surface area (Å²) < 4.78 is 63.5. The van der Waals surface area contributed by atoms with Crippen molar-refractivity contribution in [1.82, 2.24) is 0 Å². The van der Waals surface area contributed by atoms with Crippen LogP contribution < -0.4 is 0 Å². The fourth-order valence-corrected chi connectivity index (χ4v) is 4.86. The van der Waals surface area contributed by atoms with Crippen molar-refractivity contribution in [3.63, 3.8) is 0 Å². The molecule has 0 radical (unpaired) electrons.